The van der Waals surface area contributed by atoms with Crippen LogP contribution in [0.1, 0.15) is 11.1 Å². The van der Waals surface area contributed by atoms with E-state index in [0.29, 0.717) is 15.6 Å². The molecule has 1 aromatic rings. The molecule has 0 aliphatic rings. The maximum absolute atomic E-state index is 8.54. The van der Waals surface area contributed by atoms with Crippen molar-refractivity contribution in [2.75, 3.05) is 0 Å². The SMILES string of the molecule is Cc1ccc(C#N)c(Cl)c1Cl. The van der Waals surface area contributed by atoms with Crippen LogP contribution in [0.4, 0.5) is 0 Å². The number of hydrogen-bond acceptors (Lipinski definition) is 1. The van der Waals surface area contributed by atoms with Gasteiger partial charge < -0.3 is 0 Å². The third kappa shape index (κ3) is 1.48. The average Bonchev–Trinajstić information content (AvgIpc) is 2.01. The molecular formula is C8H5Cl2N. The van der Waals surface area contributed by atoms with Crippen molar-refractivity contribution in [1.29, 1.82) is 5.26 Å². The Labute approximate surface area is 75.2 Å². The zero-order chi connectivity index (χ0) is 8.43. The first-order valence-electron chi connectivity index (χ1n) is 3.01. The molecule has 1 rings (SSSR count). The van der Waals surface area contributed by atoms with Crippen molar-refractivity contribution < 1.29 is 0 Å². The molecule has 0 saturated heterocycles. The van der Waals surface area contributed by atoms with Gasteiger partial charge in [-0.3, -0.25) is 0 Å². The molecule has 0 aliphatic carbocycles. The van der Waals surface area contributed by atoms with Gasteiger partial charge in [0.05, 0.1) is 15.6 Å². The summed E-state index contributed by atoms with van der Waals surface area (Å²) in [4.78, 5) is 0. The second-order valence-electron chi connectivity index (χ2n) is 2.17. The zero-order valence-electron chi connectivity index (χ0n) is 5.86. The molecule has 0 amide bonds. The topological polar surface area (TPSA) is 23.8 Å². The molecule has 3 heteroatoms. The van der Waals surface area contributed by atoms with Gasteiger partial charge in [-0.1, -0.05) is 29.3 Å². The zero-order valence-corrected chi connectivity index (χ0v) is 7.37. The Hall–Kier alpha value is -0.710. The number of nitriles is 1. The van der Waals surface area contributed by atoms with Crippen LogP contribution in [0.25, 0.3) is 0 Å². The number of benzene rings is 1. The van der Waals surface area contributed by atoms with Gasteiger partial charge >= 0.3 is 0 Å². The van der Waals surface area contributed by atoms with Crippen LogP contribution in [0.15, 0.2) is 12.1 Å². The van der Waals surface area contributed by atoms with E-state index in [2.05, 4.69) is 0 Å². The van der Waals surface area contributed by atoms with Crippen molar-refractivity contribution >= 4 is 23.2 Å². The summed E-state index contributed by atoms with van der Waals surface area (Å²) >= 11 is 11.5. The first-order chi connectivity index (χ1) is 5.16. The summed E-state index contributed by atoms with van der Waals surface area (Å²) in [6.07, 6.45) is 0. The fourth-order valence-corrected chi connectivity index (χ4v) is 1.15. The molecule has 0 heterocycles. The van der Waals surface area contributed by atoms with Crippen molar-refractivity contribution in [3.63, 3.8) is 0 Å². The van der Waals surface area contributed by atoms with E-state index in [1.54, 1.807) is 12.1 Å². The molecule has 1 aromatic carbocycles. The second kappa shape index (κ2) is 3.13. The van der Waals surface area contributed by atoms with Gasteiger partial charge in [0.15, 0.2) is 0 Å². The van der Waals surface area contributed by atoms with Crippen molar-refractivity contribution in [3.05, 3.63) is 33.3 Å². The molecule has 0 aromatic heterocycles. The molecule has 11 heavy (non-hydrogen) atoms. The summed E-state index contributed by atoms with van der Waals surface area (Å²) in [7, 11) is 0. The third-order valence-electron chi connectivity index (χ3n) is 1.40. The first kappa shape index (κ1) is 8.39. The molecule has 0 saturated carbocycles. The smallest absolute Gasteiger partial charge is 0.101 e. The lowest BCUT2D eigenvalue weighted by Crippen LogP contribution is -1.81. The predicted octanol–water partition coefficient (Wildman–Crippen LogP) is 3.17. The molecule has 0 atom stereocenters. The molecule has 0 spiro atoms. The molecule has 0 bridgehead atoms. The number of nitrogens with zero attached hydrogens (tertiary/aromatic N) is 1. The summed E-state index contributed by atoms with van der Waals surface area (Å²) in [5, 5.41) is 9.35. The van der Waals surface area contributed by atoms with Crippen molar-refractivity contribution in [3.8, 4) is 6.07 Å². The van der Waals surface area contributed by atoms with E-state index in [0.717, 1.165) is 5.56 Å². The second-order valence-corrected chi connectivity index (χ2v) is 2.93. The molecule has 1 nitrogen and oxygen atoms in total. The van der Waals surface area contributed by atoms with Gasteiger partial charge in [0, 0.05) is 0 Å². The summed E-state index contributed by atoms with van der Waals surface area (Å²) in [5.74, 6) is 0. The minimum absolute atomic E-state index is 0.342. The van der Waals surface area contributed by atoms with E-state index in [9.17, 15) is 0 Å². The monoisotopic (exact) mass is 185 g/mol. The highest BCUT2D eigenvalue weighted by atomic mass is 35.5. The maximum Gasteiger partial charge on any atom is 0.101 e. The minimum atomic E-state index is 0.342. The van der Waals surface area contributed by atoms with Crippen molar-refractivity contribution in [2.24, 2.45) is 0 Å². The summed E-state index contributed by atoms with van der Waals surface area (Å²) in [6.45, 7) is 1.84. The highest BCUT2D eigenvalue weighted by molar-refractivity contribution is 6.43. The van der Waals surface area contributed by atoms with Crippen LogP contribution in [0.3, 0.4) is 0 Å². The molecule has 0 aliphatic heterocycles. The van der Waals surface area contributed by atoms with E-state index in [-0.39, 0.29) is 0 Å². The van der Waals surface area contributed by atoms with Gasteiger partial charge in [0.2, 0.25) is 0 Å². The highest BCUT2D eigenvalue weighted by Gasteiger charge is 2.05. The lowest BCUT2D eigenvalue weighted by atomic mass is 10.2. The van der Waals surface area contributed by atoms with Gasteiger partial charge in [0.1, 0.15) is 6.07 Å². The van der Waals surface area contributed by atoms with Gasteiger partial charge in [-0.05, 0) is 18.6 Å². The number of rotatable bonds is 0. The number of hydrogen-bond donors (Lipinski definition) is 0. The Morgan fingerprint density at radius 1 is 1.27 bits per heavy atom. The largest absolute Gasteiger partial charge is 0.192 e. The van der Waals surface area contributed by atoms with Crippen molar-refractivity contribution in [2.45, 2.75) is 6.92 Å². The van der Waals surface area contributed by atoms with Crippen LogP contribution < -0.4 is 0 Å². The summed E-state index contributed by atoms with van der Waals surface area (Å²) < 4.78 is 0. The quantitative estimate of drug-likeness (QED) is 0.610. The van der Waals surface area contributed by atoms with E-state index in [1.807, 2.05) is 13.0 Å². The van der Waals surface area contributed by atoms with E-state index in [1.165, 1.54) is 0 Å². The molecule has 0 radical (unpaired) electrons. The lowest BCUT2D eigenvalue weighted by molar-refractivity contribution is 1.43. The molecule has 0 unspecified atom stereocenters. The van der Waals surface area contributed by atoms with Crippen LogP contribution in [-0.2, 0) is 0 Å². The Morgan fingerprint density at radius 2 is 1.91 bits per heavy atom. The standard InChI is InChI=1S/C8H5Cl2N/c1-5-2-3-6(4-11)8(10)7(5)9/h2-3H,1H3. The molecular weight excluding hydrogens is 181 g/mol. The highest BCUT2D eigenvalue weighted by Crippen LogP contribution is 2.28. The molecule has 0 fully saturated rings. The lowest BCUT2D eigenvalue weighted by Gasteiger charge is -2.00. The third-order valence-corrected chi connectivity index (χ3v) is 2.37. The normalized spacial score (nSPS) is 9.27. The molecule has 56 valence electrons. The van der Waals surface area contributed by atoms with Gasteiger partial charge in [0.25, 0.3) is 0 Å². The Balaban J connectivity index is 3.40. The van der Waals surface area contributed by atoms with Crippen LogP contribution >= 0.6 is 23.2 Å². The number of aryl methyl sites for hydroxylation is 1. The van der Waals surface area contributed by atoms with Crippen LogP contribution in [0.2, 0.25) is 10.0 Å². The Morgan fingerprint density at radius 3 is 2.45 bits per heavy atom. The van der Waals surface area contributed by atoms with Crippen molar-refractivity contribution in [1.82, 2.24) is 0 Å². The van der Waals surface area contributed by atoms with Crippen LogP contribution in [0, 0.1) is 18.3 Å². The van der Waals surface area contributed by atoms with Crippen LogP contribution in [0.5, 0.6) is 0 Å². The van der Waals surface area contributed by atoms with Gasteiger partial charge in [-0.25, -0.2) is 0 Å². The van der Waals surface area contributed by atoms with E-state index >= 15 is 0 Å². The summed E-state index contributed by atoms with van der Waals surface area (Å²) in [6, 6.07) is 5.37. The minimum Gasteiger partial charge on any atom is -0.192 e. The predicted molar refractivity (Wildman–Crippen MR) is 45.9 cm³/mol. The van der Waals surface area contributed by atoms with Crippen LogP contribution in [-0.4, -0.2) is 0 Å². The van der Waals surface area contributed by atoms with E-state index < -0.39 is 0 Å². The Bertz CT molecular complexity index is 326. The van der Waals surface area contributed by atoms with E-state index in [4.69, 9.17) is 28.5 Å². The molecule has 0 N–H and O–H groups in total. The van der Waals surface area contributed by atoms with Gasteiger partial charge in [-0.15, -0.1) is 0 Å². The Kier molecular flexibility index (Phi) is 2.38. The first-order valence-corrected chi connectivity index (χ1v) is 3.77. The number of halogens is 2. The summed E-state index contributed by atoms with van der Waals surface area (Å²) in [5.41, 5.74) is 1.30. The average molecular weight is 186 g/mol. The maximum atomic E-state index is 8.54. The fraction of sp³-hybridized carbons (Fsp3) is 0.125. The fourth-order valence-electron chi connectivity index (χ4n) is 0.732. The van der Waals surface area contributed by atoms with Gasteiger partial charge in [-0.2, -0.15) is 5.26 Å².